The highest BCUT2D eigenvalue weighted by Gasteiger charge is 2.04. The molecule has 0 aliphatic heterocycles. The molecule has 5 nitrogen and oxygen atoms in total. The Balaban J connectivity index is 2.27. The average Bonchev–Trinajstić information content (AvgIpc) is 2.33. The number of benzene rings is 1. The minimum absolute atomic E-state index is 0.273. The Hall–Kier alpha value is -2.21. The predicted octanol–water partition coefficient (Wildman–Crippen LogP) is 2.26. The molecule has 0 spiro atoms. The van der Waals surface area contributed by atoms with E-state index in [2.05, 4.69) is 20.7 Å². The van der Waals surface area contributed by atoms with Crippen LogP contribution in [0.1, 0.15) is 11.3 Å². The SMILES string of the molecule is Cc1cc(NN)nc(Nc2ccc(C)c(F)c2)n1. The van der Waals surface area contributed by atoms with E-state index in [0.717, 1.165) is 5.69 Å². The third-order valence-electron chi connectivity index (χ3n) is 2.43. The molecule has 0 aliphatic carbocycles. The van der Waals surface area contributed by atoms with E-state index in [0.29, 0.717) is 23.0 Å². The van der Waals surface area contributed by atoms with Gasteiger partial charge in [-0.3, -0.25) is 0 Å². The predicted molar refractivity (Wildman–Crippen MR) is 69.0 cm³/mol. The summed E-state index contributed by atoms with van der Waals surface area (Å²) < 4.78 is 13.4. The lowest BCUT2D eigenvalue weighted by atomic mass is 10.2. The first kappa shape index (κ1) is 12.3. The Morgan fingerprint density at radius 3 is 2.61 bits per heavy atom. The van der Waals surface area contributed by atoms with E-state index in [1.165, 1.54) is 6.07 Å². The largest absolute Gasteiger partial charge is 0.324 e. The fraction of sp³-hybridized carbons (Fsp3) is 0.167. The van der Waals surface area contributed by atoms with Crippen molar-refractivity contribution in [1.82, 2.24) is 9.97 Å². The number of hydrazine groups is 1. The quantitative estimate of drug-likeness (QED) is 0.573. The van der Waals surface area contributed by atoms with Gasteiger partial charge in [0, 0.05) is 17.4 Å². The summed E-state index contributed by atoms with van der Waals surface area (Å²) in [5.41, 5.74) is 4.39. The van der Waals surface area contributed by atoms with Crippen molar-refractivity contribution in [1.29, 1.82) is 0 Å². The Kier molecular flexibility index (Phi) is 3.38. The van der Waals surface area contributed by atoms with Crippen LogP contribution in [0, 0.1) is 19.7 Å². The van der Waals surface area contributed by atoms with Crippen LogP contribution in [-0.2, 0) is 0 Å². The van der Waals surface area contributed by atoms with Gasteiger partial charge >= 0.3 is 0 Å². The van der Waals surface area contributed by atoms with Gasteiger partial charge in [-0.05, 0) is 31.5 Å². The monoisotopic (exact) mass is 247 g/mol. The molecule has 1 aromatic carbocycles. The molecule has 0 atom stereocenters. The van der Waals surface area contributed by atoms with Crippen LogP contribution in [0.15, 0.2) is 24.3 Å². The molecule has 0 bridgehead atoms. The van der Waals surface area contributed by atoms with Crippen molar-refractivity contribution in [3.63, 3.8) is 0 Å². The molecule has 2 aromatic rings. The summed E-state index contributed by atoms with van der Waals surface area (Å²) in [6.07, 6.45) is 0. The Morgan fingerprint density at radius 1 is 1.17 bits per heavy atom. The molecular weight excluding hydrogens is 233 g/mol. The summed E-state index contributed by atoms with van der Waals surface area (Å²) in [7, 11) is 0. The maximum atomic E-state index is 13.4. The molecule has 0 saturated heterocycles. The molecule has 0 saturated carbocycles. The zero-order valence-corrected chi connectivity index (χ0v) is 10.2. The van der Waals surface area contributed by atoms with E-state index >= 15 is 0 Å². The molecule has 0 aliphatic rings. The van der Waals surface area contributed by atoms with Crippen molar-refractivity contribution in [3.05, 3.63) is 41.3 Å². The maximum Gasteiger partial charge on any atom is 0.229 e. The molecule has 0 unspecified atom stereocenters. The smallest absolute Gasteiger partial charge is 0.229 e. The molecule has 4 N–H and O–H groups in total. The van der Waals surface area contributed by atoms with Crippen molar-refractivity contribution in [2.24, 2.45) is 5.84 Å². The molecule has 0 amide bonds. The third-order valence-corrected chi connectivity index (χ3v) is 2.43. The lowest BCUT2D eigenvalue weighted by molar-refractivity contribution is 0.619. The standard InChI is InChI=1S/C12H14FN5/c1-7-3-4-9(6-10(7)13)16-12-15-8(2)5-11(17-12)18-14/h3-6H,14H2,1-2H3,(H2,15,16,17,18). The number of nitrogen functional groups attached to an aromatic ring is 1. The van der Waals surface area contributed by atoms with Gasteiger partial charge in [-0.15, -0.1) is 0 Å². The lowest BCUT2D eigenvalue weighted by Crippen LogP contribution is -2.10. The molecular formula is C12H14FN5. The second kappa shape index (κ2) is 4.97. The van der Waals surface area contributed by atoms with Crippen molar-refractivity contribution in [2.45, 2.75) is 13.8 Å². The molecule has 0 fully saturated rings. The maximum absolute atomic E-state index is 13.4. The van der Waals surface area contributed by atoms with Crippen LogP contribution in [0.3, 0.4) is 0 Å². The van der Waals surface area contributed by atoms with Gasteiger partial charge < -0.3 is 10.7 Å². The molecule has 0 radical (unpaired) electrons. The van der Waals surface area contributed by atoms with Gasteiger partial charge in [0.2, 0.25) is 5.95 Å². The van der Waals surface area contributed by atoms with Gasteiger partial charge in [0.05, 0.1) is 0 Å². The summed E-state index contributed by atoms with van der Waals surface area (Å²) in [5.74, 6) is 5.89. The number of nitrogens with one attached hydrogen (secondary N) is 2. The van der Waals surface area contributed by atoms with Crippen LogP contribution in [0.4, 0.5) is 21.8 Å². The van der Waals surface area contributed by atoms with Crippen LogP contribution in [0.2, 0.25) is 0 Å². The normalized spacial score (nSPS) is 10.2. The summed E-state index contributed by atoms with van der Waals surface area (Å²) in [5, 5.41) is 2.93. The van der Waals surface area contributed by atoms with Crippen LogP contribution < -0.4 is 16.6 Å². The number of hydrogen-bond acceptors (Lipinski definition) is 5. The van der Waals surface area contributed by atoms with E-state index in [4.69, 9.17) is 5.84 Å². The number of nitrogens with two attached hydrogens (primary N) is 1. The zero-order valence-electron chi connectivity index (χ0n) is 10.2. The minimum atomic E-state index is -0.273. The van der Waals surface area contributed by atoms with Crippen molar-refractivity contribution >= 4 is 17.5 Å². The first-order chi connectivity index (χ1) is 8.58. The first-order valence-corrected chi connectivity index (χ1v) is 5.44. The van der Waals surface area contributed by atoms with Gasteiger partial charge in [0.1, 0.15) is 11.6 Å². The topological polar surface area (TPSA) is 75.9 Å². The van der Waals surface area contributed by atoms with Gasteiger partial charge in [0.15, 0.2) is 0 Å². The molecule has 1 aromatic heterocycles. The van der Waals surface area contributed by atoms with E-state index in [1.54, 1.807) is 25.1 Å². The molecule has 18 heavy (non-hydrogen) atoms. The highest BCUT2D eigenvalue weighted by molar-refractivity contribution is 5.55. The third kappa shape index (κ3) is 2.72. The molecule has 2 rings (SSSR count). The number of hydrogen-bond donors (Lipinski definition) is 3. The van der Waals surface area contributed by atoms with Gasteiger partial charge in [0.25, 0.3) is 0 Å². The minimum Gasteiger partial charge on any atom is -0.324 e. The van der Waals surface area contributed by atoms with Crippen LogP contribution >= 0.6 is 0 Å². The Bertz CT molecular complexity index is 570. The van der Waals surface area contributed by atoms with E-state index in [-0.39, 0.29) is 5.82 Å². The average molecular weight is 247 g/mol. The number of nitrogens with zero attached hydrogens (tertiary/aromatic N) is 2. The molecule has 6 heteroatoms. The van der Waals surface area contributed by atoms with E-state index < -0.39 is 0 Å². The number of aryl methyl sites for hydroxylation is 2. The first-order valence-electron chi connectivity index (χ1n) is 5.44. The fourth-order valence-corrected chi connectivity index (χ4v) is 1.50. The summed E-state index contributed by atoms with van der Waals surface area (Å²) in [4.78, 5) is 8.31. The van der Waals surface area contributed by atoms with Gasteiger partial charge in [-0.1, -0.05) is 6.07 Å². The van der Waals surface area contributed by atoms with E-state index in [1.807, 2.05) is 6.92 Å². The van der Waals surface area contributed by atoms with Crippen LogP contribution in [0.5, 0.6) is 0 Å². The van der Waals surface area contributed by atoms with Crippen molar-refractivity contribution in [2.75, 3.05) is 10.7 Å². The van der Waals surface area contributed by atoms with Crippen molar-refractivity contribution in [3.8, 4) is 0 Å². The summed E-state index contributed by atoms with van der Waals surface area (Å²) >= 11 is 0. The number of aromatic nitrogens is 2. The Morgan fingerprint density at radius 2 is 1.94 bits per heavy atom. The molecule has 94 valence electrons. The van der Waals surface area contributed by atoms with Crippen LogP contribution in [-0.4, -0.2) is 9.97 Å². The second-order valence-electron chi connectivity index (χ2n) is 3.95. The zero-order chi connectivity index (χ0) is 13.1. The highest BCUT2D eigenvalue weighted by Crippen LogP contribution is 2.18. The van der Waals surface area contributed by atoms with Crippen molar-refractivity contribution < 1.29 is 4.39 Å². The van der Waals surface area contributed by atoms with Crippen LogP contribution in [0.25, 0.3) is 0 Å². The Labute approximate surface area is 104 Å². The molecule has 1 heterocycles. The summed E-state index contributed by atoms with van der Waals surface area (Å²) in [6.45, 7) is 3.53. The highest BCUT2D eigenvalue weighted by atomic mass is 19.1. The summed E-state index contributed by atoms with van der Waals surface area (Å²) in [6, 6.07) is 6.56. The van der Waals surface area contributed by atoms with Gasteiger partial charge in [-0.2, -0.15) is 4.98 Å². The number of halogens is 1. The second-order valence-corrected chi connectivity index (χ2v) is 3.95. The number of anilines is 3. The number of rotatable bonds is 3. The lowest BCUT2D eigenvalue weighted by Gasteiger charge is -2.08. The van der Waals surface area contributed by atoms with E-state index in [9.17, 15) is 4.39 Å². The van der Waals surface area contributed by atoms with Gasteiger partial charge in [-0.25, -0.2) is 15.2 Å². The fourth-order valence-electron chi connectivity index (χ4n) is 1.50.